The normalized spacial score (nSPS) is 17.9. The van der Waals surface area contributed by atoms with Gasteiger partial charge in [-0.3, -0.25) is 24.0 Å². The van der Waals surface area contributed by atoms with Crippen LogP contribution in [0.4, 0.5) is 0 Å². The molecule has 34 heavy (non-hydrogen) atoms. The largest absolute Gasteiger partial charge is 0.481 e. The third-order valence-corrected chi connectivity index (χ3v) is 6.01. The van der Waals surface area contributed by atoms with Crippen LogP contribution < -0.4 is 22.1 Å². The number of primary amides is 1. The highest BCUT2D eigenvalue weighted by Crippen LogP contribution is 2.20. The molecule has 1 heterocycles. The molecule has 1 aliphatic heterocycles. The van der Waals surface area contributed by atoms with E-state index in [0.29, 0.717) is 18.6 Å². The van der Waals surface area contributed by atoms with Crippen LogP contribution in [0.5, 0.6) is 0 Å². The van der Waals surface area contributed by atoms with Crippen molar-refractivity contribution in [3.05, 3.63) is 0 Å². The van der Waals surface area contributed by atoms with Crippen molar-refractivity contribution in [2.24, 2.45) is 11.5 Å². The quantitative estimate of drug-likeness (QED) is 0.148. The number of carboxylic acids is 2. The summed E-state index contributed by atoms with van der Waals surface area (Å²) in [6.07, 6.45) is 1.88. The summed E-state index contributed by atoms with van der Waals surface area (Å²) >= 11 is 1.50. The molecule has 0 aromatic heterocycles. The average Bonchev–Trinajstić information content (AvgIpc) is 3.26. The number of thioether (sulfide) groups is 1. The van der Waals surface area contributed by atoms with Gasteiger partial charge in [0, 0.05) is 19.4 Å². The van der Waals surface area contributed by atoms with E-state index in [1.807, 2.05) is 6.26 Å². The van der Waals surface area contributed by atoms with Crippen molar-refractivity contribution in [3.63, 3.8) is 0 Å². The van der Waals surface area contributed by atoms with E-state index < -0.39 is 66.2 Å². The van der Waals surface area contributed by atoms with E-state index >= 15 is 0 Å². The SMILES string of the molecule is CSCCC(N)C(=O)NC(CCC(=O)O)C(=O)N1CCCC1C(=O)NC(CCC(N)=O)C(=O)O. The number of aliphatic carboxylic acids is 2. The molecule has 8 N–H and O–H groups in total. The number of likely N-dealkylation sites (tertiary alicyclic amines) is 1. The molecule has 13 nitrogen and oxygen atoms in total. The van der Waals surface area contributed by atoms with Crippen molar-refractivity contribution in [2.75, 3.05) is 18.6 Å². The fraction of sp³-hybridized carbons (Fsp3) is 0.700. The topological polar surface area (TPSA) is 222 Å². The summed E-state index contributed by atoms with van der Waals surface area (Å²) < 4.78 is 0. The van der Waals surface area contributed by atoms with E-state index in [9.17, 15) is 33.9 Å². The van der Waals surface area contributed by atoms with Gasteiger partial charge in [0.25, 0.3) is 0 Å². The first-order chi connectivity index (χ1) is 16.0. The summed E-state index contributed by atoms with van der Waals surface area (Å²) in [4.78, 5) is 73.1. The molecule has 14 heteroatoms. The summed E-state index contributed by atoms with van der Waals surface area (Å²) in [6, 6.07) is -4.46. The van der Waals surface area contributed by atoms with Crippen molar-refractivity contribution < 1.29 is 39.0 Å². The van der Waals surface area contributed by atoms with Crippen LogP contribution in [0.2, 0.25) is 0 Å². The van der Waals surface area contributed by atoms with Crippen LogP contribution in [0.25, 0.3) is 0 Å². The Balaban J connectivity index is 2.94. The Morgan fingerprint density at radius 1 is 1.03 bits per heavy atom. The summed E-state index contributed by atoms with van der Waals surface area (Å²) in [5.41, 5.74) is 10.9. The second-order valence-electron chi connectivity index (χ2n) is 7.98. The lowest BCUT2D eigenvalue weighted by molar-refractivity contribution is -0.145. The van der Waals surface area contributed by atoms with Gasteiger partial charge in [-0.25, -0.2) is 4.79 Å². The van der Waals surface area contributed by atoms with Gasteiger partial charge in [-0.1, -0.05) is 0 Å². The van der Waals surface area contributed by atoms with E-state index in [2.05, 4.69) is 10.6 Å². The lowest BCUT2D eigenvalue weighted by Crippen LogP contribution is -2.57. The summed E-state index contributed by atoms with van der Waals surface area (Å²) in [6.45, 7) is 0.175. The first-order valence-corrected chi connectivity index (χ1v) is 12.3. The smallest absolute Gasteiger partial charge is 0.326 e. The minimum absolute atomic E-state index is 0.175. The maximum absolute atomic E-state index is 13.2. The van der Waals surface area contributed by atoms with Gasteiger partial charge in [-0.05, 0) is 44.1 Å². The molecule has 0 aromatic carbocycles. The van der Waals surface area contributed by atoms with Crippen LogP contribution in [0.1, 0.15) is 44.9 Å². The molecule has 1 rings (SSSR count). The molecule has 4 amide bonds. The number of hydrogen-bond acceptors (Lipinski definition) is 8. The third kappa shape index (κ3) is 9.55. The molecule has 1 fully saturated rings. The zero-order valence-electron chi connectivity index (χ0n) is 19.0. The molecule has 0 bridgehead atoms. The molecule has 0 aliphatic carbocycles. The Kier molecular flexibility index (Phi) is 12.4. The van der Waals surface area contributed by atoms with Crippen LogP contribution in [-0.2, 0) is 28.8 Å². The maximum Gasteiger partial charge on any atom is 0.326 e. The monoisotopic (exact) mass is 503 g/mol. The van der Waals surface area contributed by atoms with Crippen LogP contribution in [0.15, 0.2) is 0 Å². The predicted molar refractivity (Wildman–Crippen MR) is 123 cm³/mol. The molecule has 0 saturated carbocycles. The van der Waals surface area contributed by atoms with E-state index in [1.165, 1.54) is 16.7 Å². The van der Waals surface area contributed by atoms with Gasteiger partial charge in [-0.2, -0.15) is 11.8 Å². The van der Waals surface area contributed by atoms with E-state index in [-0.39, 0.29) is 32.2 Å². The zero-order valence-corrected chi connectivity index (χ0v) is 19.8. The van der Waals surface area contributed by atoms with E-state index in [1.54, 1.807) is 0 Å². The van der Waals surface area contributed by atoms with Crippen LogP contribution in [-0.4, -0.2) is 93.4 Å². The predicted octanol–water partition coefficient (Wildman–Crippen LogP) is -1.76. The highest BCUT2D eigenvalue weighted by molar-refractivity contribution is 7.98. The van der Waals surface area contributed by atoms with Crippen molar-refractivity contribution in [3.8, 4) is 0 Å². The second-order valence-corrected chi connectivity index (χ2v) is 8.96. The Morgan fingerprint density at radius 3 is 2.24 bits per heavy atom. The molecule has 4 atom stereocenters. The number of carbonyl (C=O) groups is 6. The summed E-state index contributed by atoms with van der Waals surface area (Å²) in [7, 11) is 0. The highest BCUT2D eigenvalue weighted by Gasteiger charge is 2.39. The molecule has 0 spiro atoms. The number of rotatable bonds is 15. The fourth-order valence-corrected chi connectivity index (χ4v) is 3.98. The standard InChI is InChI=1S/C20H33N5O8S/c1-34-10-8-11(21)17(29)23-12(5-7-16(27)28)19(31)25-9-2-3-14(25)18(30)24-13(20(32)33)4-6-15(22)26/h11-14H,2-10,21H2,1H3,(H2,22,26)(H,23,29)(H,24,30)(H,27,28)(H,32,33). The average molecular weight is 504 g/mol. The van der Waals surface area contributed by atoms with Crippen molar-refractivity contribution >= 4 is 47.3 Å². The minimum Gasteiger partial charge on any atom is -0.481 e. The Labute approximate surface area is 201 Å². The van der Waals surface area contributed by atoms with E-state index in [4.69, 9.17) is 16.6 Å². The number of carboxylic acid groups (broad SMARTS) is 2. The van der Waals surface area contributed by atoms with Gasteiger partial charge in [-0.15, -0.1) is 0 Å². The summed E-state index contributed by atoms with van der Waals surface area (Å²) in [5, 5.41) is 23.2. The van der Waals surface area contributed by atoms with Crippen molar-refractivity contribution in [1.82, 2.24) is 15.5 Å². The van der Waals surface area contributed by atoms with Crippen LogP contribution in [0, 0.1) is 0 Å². The Hall–Kier alpha value is -2.87. The molecule has 1 saturated heterocycles. The second kappa shape index (κ2) is 14.4. The number of carbonyl (C=O) groups excluding carboxylic acids is 4. The molecule has 4 unspecified atom stereocenters. The van der Waals surface area contributed by atoms with Gasteiger partial charge in [0.1, 0.15) is 18.1 Å². The van der Waals surface area contributed by atoms with Gasteiger partial charge < -0.3 is 37.2 Å². The van der Waals surface area contributed by atoms with Crippen molar-refractivity contribution in [2.45, 2.75) is 69.1 Å². The lowest BCUT2D eigenvalue weighted by atomic mass is 10.1. The molecular weight excluding hydrogens is 470 g/mol. The van der Waals surface area contributed by atoms with Crippen molar-refractivity contribution in [1.29, 1.82) is 0 Å². The first-order valence-electron chi connectivity index (χ1n) is 10.9. The molecule has 0 radical (unpaired) electrons. The Bertz CT molecular complexity index is 780. The van der Waals surface area contributed by atoms with E-state index in [0.717, 1.165) is 0 Å². The highest BCUT2D eigenvalue weighted by atomic mass is 32.2. The number of amides is 4. The molecule has 1 aliphatic rings. The first kappa shape index (κ1) is 29.2. The number of nitrogens with two attached hydrogens (primary N) is 2. The molecule has 0 aromatic rings. The third-order valence-electron chi connectivity index (χ3n) is 5.36. The zero-order chi connectivity index (χ0) is 25.8. The van der Waals surface area contributed by atoms with Gasteiger partial charge in [0.2, 0.25) is 23.6 Å². The lowest BCUT2D eigenvalue weighted by Gasteiger charge is -2.29. The fourth-order valence-electron chi connectivity index (χ4n) is 3.49. The minimum atomic E-state index is -1.37. The van der Waals surface area contributed by atoms with Gasteiger partial charge in [0.05, 0.1) is 6.04 Å². The van der Waals surface area contributed by atoms with Gasteiger partial charge in [0.15, 0.2) is 0 Å². The maximum atomic E-state index is 13.2. The molecular formula is C20H33N5O8S. The van der Waals surface area contributed by atoms with Crippen LogP contribution >= 0.6 is 11.8 Å². The number of hydrogen-bond donors (Lipinski definition) is 6. The number of nitrogens with zero attached hydrogens (tertiary/aromatic N) is 1. The summed E-state index contributed by atoms with van der Waals surface area (Å²) in [5.74, 6) is -4.57. The molecule has 192 valence electrons. The Morgan fingerprint density at radius 2 is 1.68 bits per heavy atom. The number of nitrogens with one attached hydrogen (secondary N) is 2. The van der Waals surface area contributed by atoms with Gasteiger partial charge >= 0.3 is 11.9 Å². The van der Waals surface area contributed by atoms with Crippen LogP contribution in [0.3, 0.4) is 0 Å².